The van der Waals surface area contributed by atoms with Crippen molar-refractivity contribution in [3.05, 3.63) is 10.6 Å². The van der Waals surface area contributed by atoms with Crippen LogP contribution in [0.3, 0.4) is 0 Å². The molecule has 0 fully saturated rings. The predicted molar refractivity (Wildman–Crippen MR) is 81.8 cm³/mol. The fraction of sp³-hybridized carbons (Fsp3) is 0.643. The van der Waals surface area contributed by atoms with E-state index < -0.39 is 11.9 Å². The number of nitrogens with one attached hydrogen (secondary N) is 2. The molecule has 1 aromatic heterocycles. The van der Waals surface area contributed by atoms with E-state index in [2.05, 4.69) is 15.6 Å². The van der Waals surface area contributed by atoms with Gasteiger partial charge in [0.05, 0.1) is 12.2 Å². The Morgan fingerprint density at radius 2 is 2.24 bits per heavy atom. The highest BCUT2D eigenvalue weighted by molar-refractivity contribution is 7.15. The molecule has 1 heterocycles. The Balaban J connectivity index is 1.94. The third kappa shape index (κ3) is 4.17. The molecule has 0 radical (unpaired) electrons. The minimum absolute atomic E-state index is 0.0772. The summed E-state index contributed by atoms with van der Waals surface area (Å²) < 4.78 is 0. The summed E-state index contributed by atoms with van der Waals surface area (Å²) >= 11 is 1.46. The summed E-state index contributed by atoms with van der Waals surface area (Å²) in [4.78, 5) is 28.3. The highest BCUT2D eigenvalue weighted by atomic mass is 32.1. The highest BCUT2D eigenvalue weighted by Crippen LogP contribution is 2.36. The first-order valence-corrected chi connectivity index (χ1v) is 8.02. The lowest BCUT2D eigenvalue weighted by Gasteiger charge is -2.16. The molecular formula is C14H21N3O3S. The van der Waals surface area contributed by atoms with Crippen LogP contribution in [0.15, 0.2) is 0 Å². The van der Waals surface area contributed by atoms with Gasteiger partial charge >= 0.3 is 5.97 Å². The lowest BCUT2D eigenvalue weighted by atomic mass is 9.91. The normalized spacial score (nSPS) is 17.4. The Bertz CT molecular complexity index is 528. The summed E-state index contributed by atoms with van der Waals surface area (Å²) in [7, 11) is 0. The summed E-state index contributed by atoms with van der Waals surface area (Å²) in [6, 6.07) is 0. The number of fused-ring (bicyclic) bond motifs is 1. The fourth-order valence-corrected chi connectivity index (χ4v) is 3.33. The molecule has 0 saturated heterocycles. The molecule has 2 rings (SSSR count). The molecule has 6 nitrogen and oxygen atoms in total. The number of aliphatic carboxylic acids is 1. The summed E-state index contributed by atoms with van der Waals surface area (Å²) in [5, 5.41) is 15.7. The van der Waals surface area contributed by atoms with E-state index in [0.717, 1.165) is 17.7 Å². The maximum absolute atomic E-state index is 11.6. The van der Waals surface area contributed by atoms with Gasteiger partial charge in [-0.05, 0) is 25.2 Å². The predicted octanol–water partition coefficient (Wildman–Crippen LogP) is 1.83. The molecule has 1 unspecified atom stereocenters. The topological polar surface area (TPSA) is 91.3 Å². The van der Waals surface area contributed by atoms with Gasteiger partial charge in [0, 0.05) is 11.4 Å². The zero-order valence-electron chi connectivity index (χ0n) is 12.3. The van der Waals surface area contributed by atoms with Gasteiger partial charge in [-0.2, -0.15) is 0 Å². The molecule has 0 bridgehead atoms. The van der Waals surface area contributed by atoms with Gasteiger partial charge in [-0.15, -0.1) is 11.3 Å². The molecule has 3 N–H and O–H groups in total. The van der Waals surface area contributed by atoms with Crippen LogP contribution in [0, 0.1) is 5.92 Å². The van der Waals surface area contributed by atoms with Crippen LogP contribution in [-0.2, 0) is 16.0 Å². The molecule has 0 aromatic carbocycles. The molecule has 1 aliphatic carbocycles. The van der Waals surface area contributed by atoms with Gasteiger partial charge in [0.15, 0.2) is 5.13 Å². The van der Waals surface area contributed by atoms with Crippen LogP contribution in [0.5, 0.6) is 0 Å². The first kappa shape index (κ1) is 15.8. The molecule has 1 amide bonds. The van der Waals surface area contributed by atoms with Crippen molar-refractivity contribution in [2.24, 2.45) is 5.92 Å². The van der Waals surface area contributed by atoms with E-state index in [1.807, 2.05) is 13.8 Å². The van der Waals surface area contributed by atoms with E-state index in [1.165, 1.54) is 11.3 Å². The lowest BCUT2D eigenvalue weighted by Crippen LogP contribution is -2.32. The number of amides is 1. The number of aromatic nitrogens is 1. The minimum atomic E-state index is -0.817. The van der Waals surface area contributed by atoms with Crippen LogP contribution in [-0.4, -0.2) is 35.1 Å². The second-order valence-electron chi connectivity index (χ2n) is 5.66. The summed E-state index contributed by atoms with van der Waals surface area (Å²) in [6.45, 7) is 4.88. The molecular weight excluding hydrogens is 290 g/mol. The number of thiazole rings is 1. The zero-order chi connectivity index (χ0) is 15.4. The van der Waals surface area contributed by atoms with Crippen LogP contribution in [0.4, 0.5) is 5.13 Å². The average molecular weight is 311 g/mol. The number of carboxylic acids is 1. The largest absolute Gasteiger partial charge is 0.481 e. The van der Waals surface area contributed by atoms with Crippen molar-refractivity contribution in [1.29, 1.82) is 0 Å². The summed E-state index contributed by atoms with van der Waals surface area (Å²) in [5.41, 5.74) is 0.670. The van der Waals surface area contributed by atoms with Crippen molar-refractivity contribution >= 4 is 28.3 Å². The van der Waals surface area contributed by atoms with Gasteiger partial charge in [0.1, 0.15) is 5.92 Å². The third-order valence-corrected chi connectivity index (χ3v) is 4.45. The number of hydrogen-bond donors (Lipinski definition) is 3. The van der Waals surface area contributed by atoms with E-state index in [0.29, 0.717) is 29.7 Å². The Morgan fingerprint density at radius 1 is 1.48 bits per heavy atom. The maximum atomic E-state index is 11.6. The molecule has 0 saturated carbocycles. The maximum Gasteiger partial charge on any atom is 0.312 e. The second-order valence-corrected chi connectivity index (χ2v) is 6.75. The number of anilines is 1. The van der Waals surface area contributed by atoms with Gasteiger partial charge in [0.25, 0.3) is 0 Å². The molecule has 7 heteroatoms. The van der Waals surface area contributed by atoms with Gasteiger partial charge in [-0.1, -0.05) is 13.8 Å². The van der Waals surface area contributed by atoms with E-state index in [9.17, 15) is 14.7 Å². The van der Waals surface area contributed by atoms with Crippen molar-refractivity contribution in [2.45, 2.75) is 39.0 Å². The first-order chi connectivity index (χ1) is 9.97. The first-order valence-electron chi connectivity index (χ1n) is 7.20. The molecule has 0 spiro atoms. The van der Waals surface area contributed by atoms with Gasteiger partial charge in [-0.3, -0.25) is 9.59 Å². The number of nitrogens with zero attached hydrogens (tertiary/aromatic N) is 1. The van der Waals surface area contributed by atoms with Crippen molar-refractivity contribution < 1.29 is 14.7 Å². The summed E-state index contributed by atoms with van der Waals surface area (Å²) in [5.74, 6) is -0.984. The molecule has 1 atom stereocenters. The second kappa shape index (κ2) is 6.89. The van der Waals surface area contributed by atoms with Crippen LogP contribution in [0.25, 0.3) is 0 Å². The quantitative estimate of drug-likeness (QED) is 0.745. The average Bonchev–Trinajstić information content (AvgIpc) is 2.85. The number of carbonyl (C=O) groups is 2. The Kier molecular flexibility index (Phi) is 5.17. The fourth-order valence-electron chi connectivity index (χ4n) is 2.27. The molecule has 21 heavy (non-hydrogen) atoms. The number of carboxylic acid groups (broad SMARTS) is 1. The summed E-state index contributed by atoms with van der Waals surface area (Å²) in [6.07, 6.45) is 2.39. The van der Waals surface area contributed by atoms with Crippen LogP contribution in [0.1, 0.15) is 43.2 Å². The molecule has 116 valence electrons. The van der Waals surface area contributed by atoms with Crippen LogP contribution in [0.2, 0.25) is 0 Å². The number of hydrogen-bond acceptors (Lipinski definition) is 5. The zero-order valence-corrected chi connectivity index (χ0v) is 13.1. The van der Waals surface area contributed by atoms with Gasteiger partial charge in [-0.25, -0.2) is 4.98 Å². The van der Waals surface area contributed by atoms with Gasteiger partial charge < -0.3 is 15.7 Å². The van der Waals surface area contributed by atoms with Crippen LogP contribution < -0.4 is 10.6 Å². The van der Waals surface area contributed by atoms with E-state index in [1.54, 1.807) is 0 Å². The molecule has 1 aromatic rings. The Labute approximate surface area is 128 Å². The smallest absolute Gasteiger partial charge is 0.312 e. The van der Waals surface area contributed by atoms with E-state index in [-0.39, 0.29) is 12.5 Å². The number of rotatable bonds is 6. The van der Waals surface area contributed by atoms with E-state index in [4.69, 9.17) is 0 Å². The Morgan fingerprint density at radius 3 is 2.90 bits per heavy atom. The van der Waals surface area contributed by atoms with Crippen molar-refractivity contribution in [1.82, 2.24) is 10.3 Å². The van der Waals surface area contributed by atoms with Crippen molar-refractivity contribution in [2.75, 3.05) is 18.4 Å². The van der Waals surface area contributed by atoms with Crippen molar-refractivity contribution in [3.8, 4) is 0 Å². The number of carbonyl (C=O) groups excluding carboxylic acids is 1. The molecule has 1 aliphatic rings. The van der Waals surface area contributed by atoms with Crippen molar-refractivity contribution in [3.63, 3.8) is 0 Å². The minimum Gasteiger partial charge on any atom is -0.481 e. The monoisotopic (exact) mass is 311 g/mol. The SMILES string of the molecule is CC(C)CNC(=O)CNc1nc2c(s1)CCCC2C(=O)O. The van der Waals surface area contributed by atoms with Gasteiger partial charge in [0.2, 0.25) is 5.91 Å². The van der Waals surface area contributed by atoms with Crippen LogP contribution >= 0.6 is 11.3 Å². The highest BCUT2D eigenvalue weighted by Gasteiger charge is 2.29. The van der Waals surface area contributed by atoms with E-state index >= 15 is 0 Å². The third-order valence-electron chi connectivity index (χ3n) is 3.36. The molecule has 0 aliphatic heterocycles. The lowest BCUT2D eigenvalue weighted by molar-refractivity contribution is -0.139. The number of aryl methyl sites for hydroxylation is 1. The Hall–Kier alpha value is -1.63. The standard InChI is InChI=1S/C14H21N3O3S/c1-8(2)6-15-11(18)7-16-14-17-12-9(13(19)20)4-3-5-10(12)21-14/h8-9H,3-7H2,1-2H3,(H,15,18)(H,16,17)(H,19,20).